The smallest absolute Gasteiger partial charge is 0.225 e. The van der Waals surface area contributed by atoms with Gasteiger partial charge < -0.3 is 10.0 Å². The third kappa shape index (κ3) is 11.1. The van der Waals surface area contributed by atoms with Crippen molar-refractivity contribution in [2.75, 3.05) is 0 Å². The Hall–Kier alpha value is -5.30. The van der Waals surface area contributed by atoms with Gasteiger partial charge in [-0.25, -0.2) is 0 Å². The summed E-state index contributed by atoms with van der Waals surface area (Å²) in [5.74, 6) is -1.37. The van der Waals surface area contributed by atoms with Crippen LogP contribution in [-0.4, -0.2) is 41.8 Å². The lowest BCUT2D eigenvalue weighted by atomic mass is 9.85. The molecule has 7 nitrogen and oxygen atoms in total. The van der Waals surface area contributed by atoms with Gasteiger partial charge in [-0.1, -0.05) is 139 Å². The van der Waals surface area contributed by atoms with E-state index < -0.39 is 11.6 Å². The molecular weight excluding hydrogens is 614 g/mol. The van der Waals surface area contributed by atoms with E-state index >= 15 is 0 Å². The lowest BCUT2D eigenvalue weighted by molar-refractivity contribution is -0.109. The fourth-order valence-corrected chi connectivity index (χ4v) is 5.30. The van der Waals surface area contributed by atoms with Gasteiger partial charge in [-0.05, 0) is 57.1 Å². The Morgan fingerprint density at radius 2 is 0.918 bits per heavy atom. The summed E-state index contributed by atoms with van der Waals surface area (Å²) in [5, 5.41) is 12.2. The highest BCUT2D eigenvalue weighted by atomic mass is 16.4. The molecule has 0 fully saturated rings. The van der Waals surface area contributed by atoms with Gasteiger partial charge in [0.1, 0.15) is 6.29 Å². The number of aldehydes is 3. The molecule has 2 unspecified atom stereocenters. The molecule has 4 rings (SSSR count). The molecule has 49 heavy (non-hydrogen) atoms. The molecule has 0 aliphatic rings. The second-order valence-corrected chi connectivity index (χ2v) is 14.1. The zero-order chi connectivity index (χ0) is 36.2. The number of oxime groups is 1. The van der Waals surface area contributed by atoms with Gasteiger partial charge in [0.25, 0.3) is 0 Å². The van der Waals surface area contributed by atoms with Crippen LogP contribution in [0, 0.1) is 0 Å². The maximum atomic E-state index is 11.5. The van der Waals surface area contributed by atoms with Crippen molar-refractivity contribution in [3.63, 3.8) is 0 Å². The van der Waals surface area contributed by atoms with E-state index in [0.717, 1.165) is 28.5 Å². The molecule has 0 radical (unpaired) electrons. The average molecular weight is 660 g/mol. The summed E-state index contributed by atoms with van der Waals surface area (Å²) in [4.78, 5) is 55.2. The van der Waals surface area contributed by atoms with Crippen LogP contribution in [0.2, 0.25) is 0 Å². The maximum Gasteiger partial charge on any atom is 0.225 e. The molecule has 4 aromatic carbocycles. The van der Waals surface area contributed by atoms with Crippen LogP contribution in [-0.2, 0) is 38.1 Å². The molecular formula is C42H45NO6. The Morgan fingerprint density at radius 1 is 0.571 bits per heavy atom. The number of carbonyl (C=O) groups is 5. The minimum Gasteiger partial charge on any atom is -0.411 e. The van der Waals surface area contributed by atoms with Gasteiger partial charge in [0.15, 0.2) is 12.6 Å². The third-order valence-electron chi connectivity index (χ3n) is 8.42. The predicted molar refractivity (Wildman–Crippen MR) is 193 cm³/mol. The number of benzene rings is 4. The van der Waals surface area contributed by atoms with Crippen LogP contribution < -0.4 is 0 Å². The first-order chi connectivity index (χ1) is 23.2. The first-order valence-electron chi connectivity index (χ1n) is 16.2. The lowest BCUT2D eigenvalue weighted by Gasteiger charge is -2.20. The monoisotopic (exact) mass is 659 g/mol. The second kappa shape index (κ2) is 17.2. The Morgan fingerprint density at radius 3 is 1.22 bits per heavy atom. The van der Waals surface area contributed by atoms with Crippen molar-refractivity contribution in [3.8, 4) is 0 Å². The molecule has 0 bridgehead atoms. The SMILES string of the molecule is CC(C)(C)c1ccc(C(/C=N/O)Cc2ccc(C(=O)C=O)cc2)cc1.CC(C)(C)c1ccc(C(C=O)Cc2ccc(C(=O)C=O)cc2)cc1. The number of hydrogen-bond acceptors (Lipinski definition) is 7. The molecule has 4 aromatic rings. The van der Waals surface area contributed by atoms with Crippen LogP contribution in [0.15, 0.2) is 102 Å². The van der Waals surface area contributed by atoms with Crippen LogP contribution in [0.3, 0.4) is 0 Å². The van der Waals surface area contributed by atoms with Crippen molar-refractivity contribution in [1.82, 2.24) is 0 Å². The Labute approximate surface area is 289 Å². The van der Waals surface area contributed by atoms with Gasteiger partial charge in [-0.15, -0.1) is 5.16 Å². The first kappa shape index (κ1) is 38.2. The molecule has 0 heterocycles. The maximum absolute atomic E-state index is 11.5. The lowest BCUT2D eigenvalue weighted by Crippen LogP contribution is -2.12. The largest absolute Gasteiger partial charge is 0.411 e. The minimum absolute atomic E-state index is 0.0772. The van der Waals surface area contributed by atoms with E-state index in [1.807, 2.05) is 24.3 Å². The van der Waals surface area contributed by atoms with Crippen molar-refractivity contribution < 1.29 is 29.2 Å². The summed E-state index contributed by atoms with van der Waals surface area (Å²) in [7, 11) is 0. The van der Waals surface area contributed by atoms with E-state index in [9.17, 15) is 24.0 Å². The summed E-state index contributed by atoms with van der Waals surface area (Å²) < 4.78 is 0. The highest BCUT2D eigenvalue weighted by Crippen LogP contribution is 2.27. The zero-order valence-corrected chi connectivity index (χ0v) is 29.1. The molecule has 1 N–H and O–H groups in total. The highest BCUT2D eigenvalue weighted by Gasteiger charge is 2.18. The van der Waals surface area contributed by atoms with Crippen molar-refractivity contribution in [3.05, 3.63) is 142 Å². The van der Waals surface area contributed by atoms with E-state index in [-0.39, 0.29) is 22.7 Å². The van der Waals surface area contributed by atoms with Crippen LogP contribution in [0.1, 0.15) is 107 Å². The average Bonchev–Trinajstić information content (AvgIpc) is 3.10. The van der Waals surface area contributed by atoms with Gasteiger partial charge >= 0.3 is 0 Å². The van der Waals surface area contributed by atoms with E-state index in [0.29, 0.717) is 36.5 Å². The Kier molecular flexibility index (Phi) is 13.4. The predicted octanol–water partition coefficient (Wildman–Crippen LogP) is 8.04. The molecule has 7 heteroatoms. The molecule has 254 valence electrons. The number of Topliss-reactive ketones (excluding diaryl/α,β-unsaturated/α-hetero) is 2. The van der Waals surface area contributed by atoms with Crippen LogP contribution >= 0.6 is 0 Å². The molecule has 0 aliphatic heterocycles. The fourth-order valence-electron chi connectivity index (χ4n) is 5.30. The highest BCUT2D eigenvalue weighted by molar-refractivity contribution is 6.33. The standard InChI is InChI=1S/C21H23NO3.C21H22O3/c1-21(2,3)19-10-8-16(9-11-19)18(13-22-25)12-15-4-6-17(7-5-15)20(24)14-23;1-21(2,3)19-10-8-16(9-11-19)18(13-22)12-15-4-6-17(7-5-15)20(24)14-23/h4-11,13-14,18,25H,12H2,1-3H3;4-11,13-14,18H,12H2,1-3H3/b22-13+;. The number of rotatable bonds is 12. The number of nitrogens with zero attached hydrogens (tertiary/aromatic N) is 1. The number of carbonyl (C=O) groups excluding carboxylic acids is 5. The molecule has 0 aromatic heterocycles. The normalized spacial score (nSPS) is 12.7. The fraction of sp³-hybridized carbons (Fsp3) is 0.286. The van der Waals surface area contributed by atoms with Gasteiger partial charge in [0, 0.05) is 23.0 Å². The quantitative estimate of drug-likeness (QED) is 0.0411. The van der Waals surface area contributed by atoms with Crippen LogP contribution in [0.25, 0.3) is 0 Å². The van der Waals surface area contributed by atoms with Crippen molar-refractivity contribution >= 4 is 36.6 Å². The van der Waals surface area contributed by atoms with E-state index in [1.165, 1.54) is 17.3 Å². The topological polar surface area (TPSA) is 118 Å². The minimum atomic E-state index is -0.536. The summed E-state index contributed by atoms with van der Waals surface area (Å²) in [5.41, 5.74) is 7.36. The molecule has 0 spiro atoms. The zero-order valence-electron chi connectivity index (χ0n) is 29.1. The van der Waals surface area contributed by atoms with Gasteiger partial charge in [-0.3, -0.25) is 19.2 Å². The molecule has 2 atom stereocenters. The van der Waals surface area contributed by atoms with E-state index in [1.54, 1.807) is 36.4 Å². The van der Waals surface area contributed by atoms with Crippen molar-refractivity contribution in [2.45, 2.75) is 77.0 Å². The third-order valence-corrected chi connectivity index (χ3v) is 8.42. The van der Waals surface area contributed by atoms with E-state index in [2.05, 4.69) is 83.1 Å². The second-order valence-electron chi connectivity index (χ2n) is 14.1. The summed E-state index contributed by atoms with van der Waals surface area (Å²) in [6, 6.07) is 30.2. The van der Waals surface area contributed by atoms with Gasteiger partial charge in [0.05, 0.1) is 6.21 Å². The summed E-state index contributed by atoms with van der Waals surface area (Å²) in [6.07, 6.45) is 4.28. The summed E-state index contributed by atoms with van der Waals surface area (Å²) >= 11 is 0. The van der Waals surface area contributed by atoms with Crippen molar-refractivity contribution in [2.24, 2.45) is 5.16 Å². The Balaban J connectivity index is 0.000000266. The number of ketones is 2. The molecule has 0 saturated carbocycles. The van der Waals surface area contributed by atoms with Crippen LogP contribution in [0.5, 0.6) is 0 Å². The first-order valence-corrected chi connectivity index (χ1v) is 16.2. The van der Waals surface area contributed by atoms with Gasteiger partial charge in [-0.2, -0.15) is 0 Å². The number of hydrogen-bond donors (Lipinski definition) is 1. The molecule has 0 amide bonds. The van der Waals surface area contributed by atoms with E-state index in [4.69, 9.17) is 5.21 Å². The van der Waals surface area contributed by atoms with Crippen molar-refractivity contribution in [1.29, 1.82) is 0 Å². The molecule has 0 saturated heterocycles. The summed E-state index contributed by atoms with van der Waals surface area (Å²) in [6.45, 7) is 13.0. The van der Waals surface area contributed by atoms with Crippen LogP contribution in [0.4, 0.5) is 0 Å². The Bertz CT molecular complexity index is 1740. The molecule has 0 aliphatic carbocycles. The van der Waals surface area contributed by atoms with Gasteiger partial charge in [0.2, 0.25) is 11.6 Å².